The van der Waals surface area contributed by atoms with Gasteiger partial charge in [0.1, 0.15) is 23.6 Å². The van der Waals surface area contributed by atoms with E-state index < -0.39 is 5.92 Å². The molecule has 9 heteroatoms. The van der Waals surface area contributed by atoms with E-state index in [2.05, 4.69) is 20.5 Å². The van der Waals surface area contributed by atoms with Gasteiger partial charge in [-0.05, 0) is 47.5 Å². The predicted molar refractivity (Wildman–Crippen MR) is 152 cm³/mol. The maximum absolute atomic E-state index is 13.7. The maximum Gasteiger partial charge on any atom is 0.240 e. The molecule has 198 valence electrons. The number of rotatable bonds is 5. The molecular formula is C31H26N6O3. The summed E-state index contributed by atoms with van der Waals surface area (Å²) in [5.74, 6) is 0.0224. The average Bonchev–Trinajstić information content (AvgIpc) is 3.48. The van der Waals surface area contributed by atoms with Gasteiger partial charge in [-0.1, -0.05) is 24.3 Å². The summed E-state index contributed by atoms with van der Waals surface area (Å²) in [6, 6.07) is 17.3. The number of allylic oxidation sites excluding steroid dienone is 3. The summed E-state index contributed by atoms with van der Waals surface area (Å²) < 4.78 is 11.8. The number of nitrogens with zero attached hydrogens (tertiary/aromatic N) is 3. The van der Waals surface area contributed by atoms with Crippen LogP contribution in [0.3, 0.4) is 0 Å². The second-order valence-electron chi connectivity index (χ2n) is 9.98. The first-order chi connectivity index (χ1) is 19.7. The Kier molecular flexibility index (Phi) is 6.05. The smallest absolute Gasteiger partial charge is 0.240 e. The van der Waals surface area contributed by atoms with Gasteiger partial charge in [0.05, 0.1) is 36.3 Å². The van der Waals surface area contributed by atoms with Crippen LogP contribution < -0.4 is 10.1 Å². The zero-order valence-corrected chi connectivity index (χ0v) is 21.6. The number of fused-ring (bicyclic) bond motifs is 2. The van der Waals surface area contributed by atoms with Crippen LogP contribution in [-0.2, 0) is 9.53 Å². The Morgan fingerprint density at radius 2 is 1.82 bits per heavy atom. The average molecular weight is 531 g/mol. The number of aromatic amines is 1. The molecule has 0 radical (unpaired) electrons. The highest BCUT2D eigenvalue weighted by molar-refractivity contribution is 6.36. The molecule has 2 aromatic heterocycles. The Hall–Kier alpha value is -4.89. The normalized spacial score (nSPS) is 19.6. The van der Waals surface area contributed by atoms with Gasteiger partial charge in [-0.2, -0.15) is 5.10 Å². The number of H-pyrrole nitrogens is 1. The van der Waals surface area contributed by atoms with Gasteiger partial charge >= 0.3 is 0 Å². The Morgan fingerprint density at radius 1 is 1.00 bits per heavy atom. The van der Waals surface area contributed by atoms with Crippen LogP contribution >= 0.6 is 0 Å². The quantitative estimate of drug-likeness (QED) is 0.349. The first-order valence-electron chi connectivity index (χ1n) is 13.3. The summed E-state index contributed by atoms with van der Waals surface area (Å²) in [5.41, 5.74) is 5.46. The number of hydrogen-bond donors (Lipinski definition) is 3. The first kappa shape index (κ1) is 24.2. The van der Waals surface area contributed by atoms with Crippen molar-refractivity contribution in [2.75, 3.05) is 13.2 Å². The number of nitrogens with one attached hydrogen (secondary N) is 3. The van der Waals surface area contributed by atoms with Crippen LogP contribution in [0.15, 0.2) is 90.0 Å². The molecule has 0 spiro atoms. The minimum Gasteiger partial charge on any atom is -0.490 e. The van der Waals surface area contributed by atoms with Crippen molar-refractivity contribution < 1.29 is 14.3 Å². The van der Waals surface area contributed by atoms with Crippen LogP contribution in [0.5, 0.6) is 5.75 Å². The largest absolute Gasteiger partial charge is 0.490 e. The minimum absolute atomic E-state index is 0.0931. The number of benzene rings is 2. The number of carbonyl (C=O) groups excluding carboxylic acids is 1. The molecule has 1 fully saturated rings. The van der Waals surface area contributed by atoms with Gasteiger partial charge in [-0.25, -0.2) is 4.99 Å². The van der Waals surface area contributed by atoms with Gasteiger partial charge in [-0.3, -0.25) is 14.9 Å². The molecule has 1 atom stereocenters. The van der Waals surface area contributed by atoms with Crippen LogP contribution in [0.25, 0.3) is 22.0 Å². The highest BCUT2D eigenvalue weighted by Gasteiger charge is 2.39. The zero-order valence-electron chi connectivity index (χ0n) is 21.6. The van der Waals surface area contributed by atoms with E-state index >= 15 is 0 Å². The van der Waals surface area contributed by atoms with Crippen LogP contribution in [0, 0.1) is 11.3 Å². The Balaban J connectivity index is 1.41. The monoisotopic (exact) mass is 530 g/mol. The van der Waals surface area contributed by atoms with E-state index in [4.69, 9.17) is 14.5 Å². The Labute approximate surface area is 230 Å². The van der Waals surface area contributed by atoms with E-state index in [0.717, 1.165) is 51.8 Å². The summed E-state index contributed by atoms with van der Waals surface area (Å²) in [6.07, 6.45) is 8.82. The first-order valence-corrected chi connectivity index (χ1v) is 13.3. The molecule has 40 heavy (non-hydrogen) atoms. The zero-order chi connectivity index (χ0) is 27.1. The lowest BCUT2D eigenvalue weighted by Crippen LogP contribution is -2.45. The van der Waals surface area contributed by atoms with Crippen LogP contribution in [-0.4, -0.2) is 52.0 Å². The van der Waals surface area contributed by atoms with Crippen molar-refractivity contribution in [1.82, 2.24) is 20.5 Å². The van der Waals surface area contributed by atoms with Crippen molar-refractivity contribution in [3.63, 3.8) is 0 Å². The van der Waals surface area contributed by atoms with Gasteiger partial charge in [0.15, 0.2) is 0 Å². The molecule has 3 aliphatic rings. The number of amides is 1. The van der Waals surface area contributed by atoms with Crippen molar-refractivity contribution in [3.8, 4) is 5.75 Å². The van der Waals surface area contributed by atoms with Crippen molar-refractivity contribution in [1.29, 1.82) is 5.41 Å². The van der Waals surface area contributed by atoms with Gasteiger partial charge < -0.3 is 20.2 Å². The molecule has 2 aromatic carbocycles. The fourth-order valence-corrected chi connectivity index (χ4v) is 5.49. The minimum atomic E-state index is -0.872. The highest BCUT2D eigenvalue weighted by atomic mass is 16.5. The lowest BCUT2D eigenvalue weighted by atomic mass is 9.78. The molecule has 1 aliphatic carbocycles. The molecule has 7 rings (SSSR count). The topological polar surface area (TPSA) is 125 Å². The summed E-state index contributed by atoms with van der Waals surface area (Å²) in [5, 5.41) is 20.2. The van der Waals surface area contributed by atoms with Crippen LogP contribution in [0.4, 0.5) is 0 Å². The fourth-order valence-electron chi connectivity index (χ4n) is 5.49. The third kappa shape index (κ3) is 4.30. The van der Waals surface area contributed by atoms with Crippen molar-refractivity contribution >= 4 is 39.5 Å². The second-order valence-corrected chi connectivity index (χ2v) is 9.98. The van der Waals surface area contributed by atoms with Crippen LogP contribution in [0.2, 0.25) is 0 Å². The molecule has 0 bridgehead atoms. The van der Waals surface area contributed by atoms with Gasteiger partial charge in [0, 0.05) is 47.3 Å². The molecular weight excluding hydrogens is 504 g/mol. The van der Waals surface area contributed by atoms with E-state index in [1.165, 1.54) is 0 Å². The molecule has 0 saturated carbocycles. The number of aliphatic imine (C=N–C) groups is 1. The molecule has 4 heterocycles. The molecule has 1 unspecified atom stereocenters. The lowest BCUT2D eigenvalue weighted by molar-refractivity contribution is -0.121. The molecule has 1 saturated heterocycles. The number of carbonyl (C=O) groups is 1. The summed E-state index contributed by atoms with van der Waals surface area (Å²) in [7, 11) is 0. The van der Waals surface area contributed by atoms with E-state index in [0.29, 0.717) is 30.3 Å². The van der Waals surface area contributed by atoms with Crippen molar-refractivity contribution in [3.05, 3.63) is 102 Å². The SMILES string of the molecule is N=C1C(c2cccc3[nH]ncc23)=CC(c2cccc(OC3CCOCC3)c2)=C2N=C(c3ccncc3)NC(=O)C12. The van der Waals surface area contributed by atoms with Gasteiger partial charge in [0.25, 0.3) is 0 Å². The number of aromatic nitrogens is 3. The van der Waals surface area contributed by atoms with E-state index in [-0.39, 0.29) is 17.7 Å². The lowest BCUT2D eigenvalue weighted by Gasteiger charge is -2.31. The predicted octanol–water partition coefficient (Wildman–Crippen LogP) is 4.54. The van der Waals surface area contributed by atoms with Crippen LogP contribution in [0.1, 0.15) is 29.5 Å². The second kappa shape index (κ2) is 10.0. The number of hydrogen-bond acceptors (Lipinski definition) is 7. The standard InChI is InChI=1S/C31H26N6O3/c32-28-24(22-5-2-6-26-25(22)17-34-37-26)16-23(19-3-1-4-21(15-19)40-20-9-13-39-14-10-20)29-27(28)31(38)36-30(35-29)18-7-11-33-12-8-18/h1-8,11-12,15-17,20,27,32H,9-10,13-14H2,(H,34,37)(H,35,36,38). The Bertz CT molecular complexity index is 1730. The van der Waals surface area contributed by atoms with Crippen molar-refractivity contribution in [2.45, 2.75) is 18.9 Å². The molecule has 3 N–H and O–H groups in total. The third-order valence-corrected chi connectivity index (χ3v) is 7.50. The molecule has 4 aromatic rings. The number of ether oxygens (including phenoxy) is 2. The maximum atomic E-state index is 13.7. The van der Waals surface area contributed by atoms with E-state index in [1.54, 1.807) is 30.7 Å². The summed E-state index contributed by atoms with van der Waals surface area (Å²) >= 11 is 0. The molecule has 2 aliphatic heterocycles. The summed E-state index contributed by atoms with van der Waals surface area (Å²) in [4.78, 5) is 22.7. The fraction of sp³-hybridized carbons (Fsp3) is 0.194. The third-order valence-electron chi connectivity index (χ3n) is 7.50. The molecule has 9 nitrogen and oxygen atoms in total. The highest BCUT2D eigenvalue weighted by Crippen LogP contribution is 2.41. The molecule has 1 amide bonds. The summed E-state index contributed by atoms with van der Waals surface area (Å²) in [6.45, 7) is 1.38. The van der Waals surface area contributed by atoms with E-state index in [9.17, 15) is 10.2 Å². The Morgan fingerprint density at radius 3 is 2.67 bits per heavy atom. The van der Waals surface area contributed by atoms with Crippen molar-refractivity contribution in [2.24, 2.45) is 10.9 Å². The van der Waals surface area contributed by atoms with Gasteiger partial charge in [0.2, 0.25) is 5.91 Å². The number of pyridine rings is 1. The number of amidine groups is 1. The van der Waals surface area contributed by atoms with E-state index in [1.807, 2.05) is 48.5 Å². The van der Waals surface area contributed by atoms with Gasteiger partial charge in [-0.15, -0.1) is 0 Å².